The van der Waals surface area contributed by atoms with E-state index in [4.69, 9.17) is 4.74 Å². The molecule has 110 valence electrons. The summed E-state index contributed by atoms with van der Waals surface area (Å²) in [5, 5.41) is 0. The fraction of sp³-hybridized carbons (Fsp3) is 0.800. The van der Waals surface area contributed by atoms with E-state index >= 15 is 0 Å². The van der Waals surface area contributed by atoms with Crippen LogP contribution in [0.25, 0.3) is 0 Å². The van der Waals surface area contributed by atoms with Crippen LogP contribution in [0.2, 0.25) is 0 Å². The molecule has 0 aromatic heterocycles. The molecule has 0 aliphatic rings. The number of esters is 1. The first-order chi connectivity index (χ1) is 8.53. The van der Waals surface area contributed by atoms with Gasteiger partial charge in [-0.3, -0.25) is 14.4 Å². The van der Waals surface area contributed by atoms with Crippen LogP contribution in [0.5, 0.6) is 0 Å². The van der Waals surface area contributed by atoms with Crippen LogP contribution in [0.15, 0.2) is 0 Å². The van der Waals surface area contributed by atoms with Crippen molar-refractivity contribution < 1.29 is 19.1 Å². The van der Waals surface area contributed by atoms with E-state index in [-0.39, 0.29) is 24.1 Å². The number of ether oxygens (including phenoxy) is 1. The molecule has 0 N–H and O–H groups in total. The van der Waals surface area contributed by atoms with E-state index in [0.29, 0.717) is 0 Å². The highest BCUT2D eigenvalue weighted by Crippen LogP contribution is 2.28. The Morgan fingerprint density at radius 3 is 1.84 bits per heavy atom. The number of hydrogen-bond donors (Lipinski definition) is 0. The van der Waals surface area contributed by atoms with E-state index in [2.05, 4.69) is 0 Å². The fourth-order valence-electron chi connectivity index (χ4n) is 1.99. The second kappa shape index (κ2) is 6.83. The average Bonchev–Trinajstić information content (AvgIpc) is 2.26. The third-order valence-corrected chi connectivity index (χ3v) is 3.07. The van der Waals surface area contributed by atoms with Crippen molar-refractivity contribution in [1.82, 2.24) is 0 Å². The molecule has 0 heterocycles. The highest BCUT2D eigenvalue weighted by Gasteiger charge is 2.41. The summed E-state index contributed by atoms with van der Waals surface area (Å²) in [7, 11) is 0. The van der Waals surface area contributed by atoms with Gasteiger partial charge in [0.25, 0.3) is 0 Å². The predicted molar refractivity (Wildman–Crippen MR) is 73.6 cm³/mol. The molecule has 0 saturated heterocycles. The van der Waals surface area contributed by atoms with Crippen LogP contribution in [0.4, 0.5) is 0 Å². The molecule has 0 aliphatic carbocycles. The first-order valence-corrected chi connectivity index (χ1v) is 6.78. The lowest BCUT2D eigenvalue weighted by Crippen LogP contribution is -2.41. The molecule has 0 fully saturated rings. The van der Waals surface area contributed by atoms with Gasteiger partial charge in [0.2, 0.25) is 0 Å². The molecule has 2 atom stereocenters. The zero-order chi connectivity index (χ0) is 15.4. The van der Waals surface area contributed by atoms with Crippen LogP contribution in [0.3, 0.4) is 0 Å². The lowest BCUT2D eigenvalue weighted by atomic mass is 9.75. The second-order valence-corrected chi connectivity index (χ2v) is 6.19. The van der Waals surface area contributed by atoms with E-state index < -0.39 is 23.2 Å². The molecular formula is C15H26O4. The number of ketones is 2. The van der Waals surface area contributed by atoms with Gasteiger partial charge in [0, 0.05) is 17.3 Å². The van der Waals surface area contributed by atoms with E-state index in [9.17, 15) is 14.4 Å². The fourth-order valence-corrected chi connectivity index (χ4v) is 1.99. The van der Waals surface area contributed by atoms with E-state index in [1.165, 1.54) is 0 Å². The molecule has 0 bridgehead atoms. The van der Waals surface area contributed by atoms with Gasteiger partial charge in [0.05, 0.1) is 6.61 Å². The van der Waals surface area contributed by atoms with Crippen LogP contribution < -0.4 is 0 Å². The topological polar surface area (TPSA) is 60.4 Å². The van der Waals surface area contributed by atoms with Crippen molar-refractivity contribution in [2.45, 2.75) is 48.5 Å². The minimum absolute atomic E-state index is 0.0976. The van der Waals surface area contributed by atoms with Gasteiger partial charge >= 0.3 is 5.97 Å². The third-order valence-electron chi connectivity index (χ3n) is 3.07. The lowest BCUT2D eigenvalue weighted by molar-refractivity contribution is -0.158. The van der Waals surface area contributed by atoms with Crippen LogP contribution in [-0.4, -0.2) is 24.1 Å². The van der Waals surface area contributed by atoms with Crippen LogP contribution in [0.1, 0.15) is 48.5 Å². The summed E-state index contributed by atoms with van der Waals surface area (Å²) < 4.78 is 4.95. The van der Waals surface area contributed by atoms with Crippen molar-refractivity contribution in [1.29, 1.82) is 0 Å². The Morgan fingerprint density at radius 1 is 1.05 bits per heavy atom. The minimum atomic E-state index is -0.994. The van der Waals surface area contributed by atoms with Gasteiger partial charge in [0.15, 0.2) is 0 Å². The molecule has 0 aromatic carbocycles. The van der Waals surface area contributed by atoms with Gasteiger partial charge in [0.1, 0.15) is 17.5 Å². The number of carbonyl (C=O) groups excluding carboxylic acids is 3. The predicted octanol–water partition coefficient (Wildman–Crippen LogP) is 2.64. The maximum Gasteiger partial charge on any atom is 0.317 e. The third kappa shape index (κ3) is 4.77. The smallest absolute Gasteiger partial charge is 0.317 e. The molecule has 4 nitrogen and oxygen atoms in total. The Hall–Kier alpha value is -1.19. The summed E-state index contributed by atoms with van der Waals surface area (Å²) in [6.07, 6.45) is 0. The van der Waals surface area contributed by atoms with Crippen molar-refractivity contribution in [2.24, 2.45) is 23.2 Å². The molecule has 4 heteroatoms. The largest absolute Gasteiger partial charge is 0.465 e. The van der Waals surface area contributed by atoms with E-state index in [1.54, 1.807) is 48.5 Å². The number of hydrogen-bond acceptors (Lipinski definition) is 4. The maximum absolute atomic E-state index is 12.3. The van der Waals surface area contributed by atoms with E-state index in [1.807, 2.05) is 0 Å². The Bertz CT molecular complexity index is 350. The lowest BCUT2D eigenvalue weighted by Gasteiger charge is -2.27. The Kier molecular flexibility index (Phi) is 6.40. The molecule has 0 amide bonds. The summed E-state index contributed by atoms with van der Waals surface area (Å²) in [6, 6.07) is 0. The zero-order valence-corrected chi connectivity index (χ0v) is 13.1. The number of carbonyl (C=O) groups is 3. The molecule has 0 aromatic rings. The van der Waals surface area contributed by atoms with Crippen molar-refractivity contribution in [3.63, 3.8) is 0 Å². The van der Waals surface area contributed by atoms with Gasteiger partial charge in [-0.25, -0.2) is 0 Å². The highest BCUT2D eigenvalue weighted by molar-refractivity contribution is 6.04. The first kappa shape index (κ1) is 17.8. The molecule has 2 unspecified atom stereocenters. The van der Waals surface area contributed by atoms with Crippen molar-refractivity contribution >= 4 is 17.5 Å². The molecule has 0 aliphatic heterocycles. The summed E-state index contributed by atoms with van der Waals surface area (Å²) in [5.41, 5.74) is -0.582. The SMILES string of the molecule is CCOC(=O)C(C(=O)C(C)C)C(C)C(=O)C(C)(C)C. The molecule has 0 radical (unpaired) electrons. The van der Waals surface area contributed by atoms with Crippen molar-refractivity contribution in [3.8, 4) is 0 Å². The normalized spacial score (nSPS) is 14.9. The molecule has 0 spiro atoms. The average molecular weight is 270 g/mol. The Labute approximate surface area is 115 Å². The zero-order valence-electron chi connectivity index (χ0n) is 13.1. The van der Waals surface area contributed by atoms with Gasteiger partial charge < -0.3 is 4.74 Å². The number of rotatable bonds is 6. The first-order valence-electron chi connectivity index (χ1n) is 6.78. The Balaban J connectivity index is 5.31. The van der Waals surface area contributed by atoms with Crippen molar-refractivity contribution in [2.75, 3.05) is 6.61 Å². The van der Waals surface area contributed by atoms with Gasteiger partial charge in [-0.15, -0.1) is 0 Å². The standard InChI is InChI=1S/C15H26O4/c1-8-19-14(18)11(12(16)9(2)3)10(4)13(17)15(5,6)7/h9-11H,8H2,1-7H3. The Morgan fingerprint density at radius 2 is 1.53 bits per heavy atom. The molecule has 0 saturated carbocycles. The monoisotopic (exact) mass is 270 g/mol. The molecule has 0 rings (SSSR count). The molecule has 19 heavy (non-hydrogen) atoms. The molecular weight excluding hydrogens is 244 g/mol. The maximum atomic E-state index is 12.3. The van der Waals surface area contributed by atoms with Gasteiger partial charge in [-0.1, -0.05) is 41.5 Å². The second-order valence-electron chi connectivity index (χ2n) is 6.19. The van der Waals surface area contributed by atoms with Gasteiger partial charge in [-0.05, 0) is 6.92 Å². The van der Waals surface area contributed by atoms with Crippen LogP contribution in [-0.2, 0) is 19.1 Å². The van der Waals surface area contributed by atoms with Crippen LogP contribution in [0, 0.1) is 23.2 Å². The number of Topliss-reactive ketones (excluding diaryl/α,β-unsaturated/α-hetero) is 2. The quantitative estimate of drug-likeness (QED) is 0.550. The van der Waals surface area contributed by atoms with Crippen LogP contribution >= 0.6 is 0 Å². The summed E-state index contributed by atoms with van der Waals surface area (Å²) in [4.78, 5) is 36.4. The summed E-state index contributed by atoms with van der Waals surface area (Å²) in [5.74, 6) is -2.88. The van der Waals surface area contributed by atoms with Gasteiger partial charge in [-0.2, -0.15) is 0 Å². The van der Waals surface area contributed by atoms with E-state index in [0.717, 1.165) is 0 Å². The highest BCUT2D eigenvalue weighted by atomic mass is 16.5. The van der Waals surface area contributed by atoms with Crippen molar-refractivity contribution in [3.05, 3.63) is 0 Å². The minimum Gasteiger partial charge on any atom is -0.465 e. The summed E-state index contributed by atoms with van der Waals surface area (Å²) >= 11 is 0. The summed E-state index contributed by atoms with van der Waals surface area (Å²) in [6.45, 7) is 12.3.